The zero-order valence-electron chi connectivity index (χ0n) is 14.6. The van der Waals surface area contributed by atoms with E-state index in [-0.39, 0.29) is 16.9 Å². The lowest BCUT2D eigenvalue weighted by Gasteiger charge is -2.22. The van der Waals surface area contributed by atoms with Gasteiger partial charge in [0, 0.05) is 12.1 Å². The van der Waals surface area contributed by atoms with Gasteiger partial charge in [0.2, 0.25) is 5.91 Å². The highest BCUT2D eigenvalue weighted by atomic mass is 19.1. The number of urea groups is 1. The van der Waals surface area contributed by atoms with Crippen molar-refractivity contribution in [3.8, 4) is 0 Å². The van der Waals surface area contributed by atoms with Crippen molar-refractivity contribution in [1.29, 1.82) is 0 Å². The number of halogens is 1. The van der Waals surface area contributed by atoms with Crippen molar-refractivity contribution < 1.29 is 23.7 Å². The first-order valence-corrected chi connectivity index (χ1v) is 8.16. The lowest BCUT2D eigenvalue weighted by Crippen LogP contribution is -2.42. The molecule has 1 aliphatic rings. The summed E-state index contributed by atoms with van der Waals surface area (Å²) in [5.41, 5.74) is -1.68. The summed E-state index contributed by atoms with van der Waals surface area (Å²) in [6.45, 7) is 0.755. The fourth-order valence-electron chi connectivity index (χ4n) is 2.86. The number of nitro benzene ring substituents is 1. The number of nitrogens with one attached hydrogen (secondary N) is 2. The van der Waals surface area contributed by atoms with Crippen LogP contribution in [0.4, 0.5) is 20.6 Å². The number of imide groups is 1. The first-order chi connectivity index (χ1) is 13.2. The molecule has 1 unspecified atom stereocenters. The Kier molecular flexibility index (Phi) is 4.78. The molecule has 0 spiro atoms. The fraction of sp³-hybridized carbons (Fsp3) is 0.167. The predicted octanol–water partition coefficient (Wildman–Crippen LogP) is 2.14. The number of hydrogen-bond donors (Lipinski definition) is 2. The quantitative estimate of drug-likeness (QED) is 0.463. The topological polar surface area (TPSA) is 122 Å². The number of anilines is 1. The predicted molar refractivity (Wildman–Crippen MR) is 95.7 cm³/mol. The van der Waals surface area contributed by atoms with Gasteiger partial charge in [0.05, 0.1) is 10.6 Å². The normalized spacial score (nSPS) is 18.7. The van der Waals surface area contributed by atoms with Crippen molar-refractivity contribution in [2.45, 2.75) is 12.5 Å². The van der Waals surface area contributed by atoms with E-state index in [1.54, 1.807) is 0 Å². The molecule has 10 heteroatoms. The maximum atomic E-state index is 13.6. The number of nitro groups is 1. The number of carbonyl (C=O) groups is 3. The Morgan fingerprint density at radius 1 is 1.25 bits per heavy atom. The van der Waals surface area contributed by atoms with Crippen LogP contribution in [0.15, 0.2) is 48.5 Å². The van der Waals surface area contributed by atoms with Crippen molar-refractivity contribution in [3.63, 3.8) is 0 Å². The van der Waals surface area contributed by atoms with E-state index in [0.29, 0.717) is 4.90 Å². The van der Waals surface area contributed by atoms with Crippen LogP contribution in [0.2, 0.25) is 0 Å². The number of nitrogens with zero attached hydrogens (tertiary/aromatic N) is 2. The molecule has 0 bridgehead atoms. The molecule has 4 amide bonds. The Bertz CT molecular complexity index is 995. The molecule has 1 saturated heterocycles. The minimum atomic E-state index is -1.57. The lowest BCUT2D eigenvalue weighted by atomic mass is 9.91. The van der Waals surface area contributed by atoms with Gasteiger partial charge in [-0.2, -0.15) is 0 Å². The summed E-state index contributed by atoms with van der Waals surface area (Å²) in [5, 5.41) is 15.7. The summed E-state index contributed by atoms with van der Waals surface area (Å²) in [5.74, 6) is -2.17. The van der Waals surface area contributed by atoms with Crippen LogP contribution < -0.4 is 10.6 Å². The number of non-ortho nitro benzene ring substituents is 1. The second-order valence-electron chi connectivity index (χ2n) is 6.28. The molecule has 0 saturated carbocycles. The molecule has 1 fully saturated rings. The maximum absolute atomic E-state index is 13.6. The van der Waals surface area contributed by atoms with Gasteiger partial charge in [0.15, 0.2) is 0 Å². The van der Waals surface area contributed by atoms with Crippen LogP contribution in [-0.2, 0) is 15.1 Å². The minimum absolute atomic E-state index is 0.0824. The summed E-state index contributed by atoms with van der Waals surface area (Å²) in [6.07, 6.45) is 0. The standard InChI is InChI=1S/C18H15FN4O5/c1-18(11-5-4-6-12(9-11)23(27)28)16(25)22(17(26)21-18)10-15(24)20-14-8-3-2-7-13(14)19/h2-9H,10H2,1H3,(H,20,24)(H,21,26). The SMILES string of the molecule is CC1(c2cccc([N+](=O)[O-])c2)NC(=O)N(CC(=O)Nc2ccccc2F)C1=O. The molecule has 28 heavy (non-hydrogen) atoms. The number of amides is 4. The summed E-state index contributed by atoms with van der Waals surface area (Å²) in [4.78, 5) is 48.2. The third kappa shape index (κ3) is 3.39. The monoisotopic (exact) mass is 386 g/mol. The smallest absolute Gasteiger partial charge is 0.322 e. The molecular weight excluding hydrogens is 371 g/mol. The van der Waals surface area contributed by atoms with Crippen LogP contribution >= 0.6 is 0 Å². The van der Waals surface area contributed by atoms with Gasteiger partial charge in [-0.3, -0.25) is 24.6 Å². The highest BCUT2D eigenvalue weighted by Gasteiger charge is 2.49. The second-order valence-corrected chi connectivity index (χ2v) is 6.28. The molecule has 0 aromatic heterocycles. The molecule has 1 aliphatic heterocycles. The summed E-state index contributed by atoms with van der Waals surface area (Å²) in [6, 6.07) is 9.94. The highest BCUT2D eigenvalue weighted by Crippen LogP contribution is 2.30. The average Bonchev–Trinajstić information content (AvgIpc) is 2.88. The maximum Gasteiger partial charge on any atom is 0.325 e. The van der Waals surface area contributed by atoms with Gasteiger partial charge < -0.3 is 10.6 Å². The Hall–Kier alpha value is -3.82. The number of para-hydroxylation sites is 1. The molecule has 1 atom stereocenters. The van der Waals surface area contributed by atoms with Gasteiger partial charge >= 0.3 is 6.03 Å². The van der Waals surface area contributed by atoms with Crippen molar-refractivity contribution in [2.75, 3.05) is 11.9 Å². The highest BCUT2D eigenvalue weighted by molar-refractivity contribution is 6.10. The van der Waals surface area contributed by atoms with Crippen molar-refractivity contribution >= 4 is 29.2 Å². The van der Waals surface area contributed by atoms with Gasteiger partial charge in [0.1, 0.15) is 17.9 Å². The molecule has 0 radical (unpaired) electrons. The molecule has 144 valence electrons. The van der Waals surface area contributed by atoms with E-state index >= 15 is 0 Å². The second kappa shape index (κ2) is 7.06. The first-order valence-electron chi connectivity index (χ1n) is 8.16. The van der Waals surface area contributed by atoms with Crippen LogP contribution in [0.25, 0.3) is 0 Å². The van der Waals surface area contributed by atoms with E-state index in [0.717, 1.165) is 6.07 Å². The van der Waals surface area contributed by atoms with E-state index < -0.39 is 40.7 Å². The fourth-order valence-corrected chi connectivity index (χ4v) is 2.86. The number of carbonyl (C=O) groups excluding carboxylic acids is 3. The van der Waals surface area contributed by atoms with Crippen molar-refractivity contribution in [1.82, 2.24) is 10.2 Å². The van der Waals surface area contributed by atoms with Crippen LogP contribution in [-0.4, -0.2) is 34.2 Å². The van der Waals surface area contributed by atoms with Crippen LogP contribution in [0.1, 0.15) is 12.5 Å². The summed E-state index contributed by atoms with van der Waals surface area (Å²) in [7, 11) is 0. The number of hydrogen-bond acceptors (Lipinski definition) is 5. The van der Waals surface area contributed by atoms with Crippen LogP contribution in [0, 0.1) is 15.9 Å². The number of rotatable bonds is 5. The van der Waals surface area contributed by atoms with E-state index in [1.807, 2.05) is 0 Å². The van der Waals surface area contributed by atoms with Gasteiger partial charge in [-0.15, -0.1) is 0 Å². The molecule has 3 rings (SSSR count). The molecule has 2 aromatic carbocycles. The molecule has 9 nitrogen and oxygen atoms in total. The van der Waals surface area contributed by atoms with Gasteiger partial charge in [0.25, 0.3) is 11.6 Å². The molecule has 2 N–H and O–H groups in total. The molecular formula is C18H15FN4O5. The molecule has 1 heterocycles. The Morgan fingerprint density at radius 3 is 2.64 bits per heavy atom. The zero-order valence-corrected chi connectivity index (χ0v) is 14.6. The lowest BCUT2D eigenvalue weighted by molar-refractivity contribution is -0.385. The Labute approximate surface area is 158 Å². The van der Waals surface area contributed by atoms with Crippen molar-refractivity contribution in [3.05, 3.63) is 70.0 Å². The average molecular weight is 386 g/mol. The zero-order chi connectivity index (χ0) is 20.5. The van der Waals surface area contributed by atoms with Crippen LogP contribution in [0.3, 0.4) is 0 Å². The summed E-state index contributed by atoms with van der Waals surface area (Å²) < 4.78 is 13.6. The molecule has 0 aliphatic carbocycles. The largest absolute Gasteiger partial charge is 0.325 e. The number of benzene rings is 2. The van der Waals surface area contributed by atoms with Gasteiger partial charge in [-0.25, -0.2) is 9.18 Å². The van der Waals surface area contributed by atoms with Gasteiger partial charge in [-0.05, 0) is 24.6 Å². The first kappa shape index (κ1) is 19.0. The van der Waals surface area contributed by atoms with E-state index in [4.69, 9.17) is 0 Å². The van der Waals surface area contributed by atoms with E-state index in [9.17, 15) is 28.9 Å². The van der Waals surface area contributed by atoms with Gasteiger partial charge in [-0.1, -0.05) is 24.3 Å². The minimum Gasteiger partial charge on any atom is -0.322 e. The van der Waals surface area contributed by atoms with E-state index in [2.05, 4.69) is 10.6 Å². The Balaban J connectivity index is 1.79. The van der Waals surface area contributed by atoms with Crippen molar-refractivity contribution in [2.24, 2.45) is 0 Å². The van der Waals surface area contributed by atoms with Crippen LogP contribution in [0.5, 0.6) is 0 Å². The third-order valence-corrected chi connectivity index (χ3v) is 4.36. The Morgan fingerprint density at radius 2 is 1.96 bits per heavy atom. The molecule has 2 aromatic rings. The summed E-state index contributed by atoms with van der Waals surface area (Å²) >= 11 is 0. The van der Waals surface area contributed by atoms with E-state index in [1.165, 1.54) is 49.4 Å². The third-order valence-electron chi connectivity index (χ3n) is 4.36.